The summed E-state index contributed by atoms with van der Waals surface area (Å²) in [4.78, 5) is 26.7. The number of aromatic carboxylic acids is 1. The van der Waals surface area contributed by atoms with E-state index < -0.39 is 5.97 Å². The molecule has 1 aromatic rings. The zero-order valence-electron chi connectivity index (χ0n) is 11.6. The SMILES string of the molecule is CCC1CCC(C(=O)NCc2nc(C(=O)O)cs2)CC1. The number of hydrogen-bond acceptors (Lipinski definition) is 4. The molecule has 1 aromatic heterocycles. The summed E-state index contributed by atoms with van der Waals surface area (Å²) in [6.45, 7) is 2.53. The Hall–Kier alpha value is -1.43. The second-order valence-corrected chi connectivity index (χ2v) is 6.22. The highest BCUT2D eigenvalue weighted by molar-refractivity contribution is 7.09. The summed E-state index contributed by atoms with van der Waals surface area (Å²) in [5.41, 5.74) is 0.0442. The average Bonchev–Trinajstić information content (AvgIpc) is 2.94. The molecule has 1 saturated carbocycles. The van der Waals surface area contributed by atoms with Gasteiger partial charge in [0.15, 0.2) is 5.69 Å². The van der Waals surface area contributed by atoms with Crippen LogP contribution in [0.15, 0.2) is 5.38 Å². The lowest BCUT2D eigenvalue weighted by atomic mass is 9.80. The van der Waals surface area contributed by atoms with Gasteiger partial charge in [0.1, 0.15) is 5.01 Å². The third kappa shape index (κ3) is 3.79. The van der Waals surface area contributed by atoms with Crippen LogP contribution >= 0.6 is 11.3 Å². The van der Waals surface area contributed by atoms with E-state index in [4.69, 9.17) is 5.11 Å². The van der Waals surface area contributed by atoms with Gasteiger partial charge in [0.2, 0.25) is 5.91 Å². The van der Waals surface area contributed by atoms with Crippen LogP contribution in [0.5, 0.6) is 0 Å². The average molecular weight is 296 g/mol. The highest BCUT2D eigenvalue weighted by Crippen LogP contribution is 2.30. The van der Waals surface area contributed by atoms with Crippen LogP contribution in [-0.4, -0.2) is 22.0 Å². The van der Waals surface area contributed by atoms with E-state index in [-0.39, 0.29) is 17.5 Å². The quantitative estimate of drug-likeness (QED) is 0.875. The molecule has 0 spiro atoms. The lowest BCUT2D eigenvalue weighted by Crippen LogP contribution is -2.32. The minimum absolute atomic E-state index is 0.0442. The lowest BCUT2D eigenvalue weighted by molar-refractivity contribution is -0.126. The fourth-order valence-corrected chi connectivity index (χ4v) is 3.34. The first-order valence-corrected chi connectivity index (χ1v) is 7.93. The Morgan fingerprint density at radius 1 is 1.40 bits per heavy atom. The maximum absolute atomic E-state index is 12.1. The second kappa shape index (κ2) is 6.83. The second-order valence-electron chi connectivity index (χ2n) is 5.28. The molecule has 0 atom stereocenters. The number of carbonyl (C=O) groups excluding carboxylic acids is 1. The first-order valence-electron chi connectivity index (χ1n) is 7.05. The number of carboxylic acids is 1. The molecule has 1 heterocycles. The molecule has 1 amide bonds. The maximum Gasteiger partial charge on any atom is 0.355 e. The predicted molar refractivity (Wildman–Crippen MR) is 76.7 cm³/mol. The van der Waals surface area contributed by atoms with Crippen LogP contribution < -0.4 is 5.32 Å². The van der Waals surface area contributed by atoms with E-state index in [1.54, 1.807) is 0 Å². The van der Waals surface area contributed by atoms with Crippen LogP contribution in [0.25, 0.3) is 0 Å². The third-order valence-electron chi connectivity index (χ3n) is 3.98. The molecule has 20 heavy (non-hydrogen) atoms. The molecule has 110 valence electrons. The van der Waals surface area contributed by atoms with Gasteiger partial charge in [-0.05, 0) is 31.6 Å². The maximum atomic E-state index is 12.1. The number of amides is 1. The molecule has 0 aromatic carbocycles. The molecule has 5 nitrogen and oxygen atoms in total. The summed E-state index contributed by atoms with van der Waals surface area (Å²) < 4.78 is 0. The van der Waals surface area contributed by atoms with Gasteiger partial charge in [0, 0.05) is 11.3 Å². The Balaban J connectivity index is 1.78. The summed E-state index contributed by atoms with van der Waals surface area (Å²) in [6.07, 6.45) is 5.39. The van der Waals surface area contributed by atoms with Gasteiger partial charge in [-0.15, -0.1) is 11.3 Å². The zero-order valence-corrected chi connectivity index (χ0v) is 12.4. The monoisotopic (exact) mass is 296 g/mol. The minimum Gasteiger partial charge on any atom is -0.476 e. The normalized spacial score (nSPS) is 22.4. The van der Waals surface area contributed by atoms with Crippen molar-refractivity contribution in [2.24, 2.45) is 11.8 Å². The molecule has 2 N–H and O–H groups in total. The lowest BCUT2D eigenvalue weighted by Gasteiger charge is -2.26. The molecule has 0 unspecified atom stereocenters. The minimum atomic E-state index is -1.03. The van der Waals surface area contributed by atoms with Crippen LogP contribution in [0, 0.1) is 11.8 Å². The first-order chi connectivity index (χ1) is 9.60. The van der Waals surface area contributed by atoms with Crippen LogP contribution in [0.4, 0.5) is 0 Å². The summed E-state index contributed by atoms with van der Waals surface area (Å²) in [7, 11) is 0. The van der Waals surface area contributed by atoms with E-state index in [9.17, 15) is 9.59 Å². The van der Waals surface area contributed by atoms with E-state index in [1.165, 1.54) is 23.1 Å². The molecule has 6 heteroatoms. The van der Waals surface area contributed by atoms with Crippen molar-refractivity contribution in [3.05, 3.63) is 16.1 Å². The van der Waals surface area contributed by atoms with Gasteiger partial charge in [0.25, 0.3) is 0 Å². The number of hydrogen-bond donors (Lipinski definition) is 2. The van der Waals surface area contributed by atoms with Gasteiger partial charge in [-0.25, -0.2) is 9.78 Å². The molecular formula is C14H20N2O3S. The largest absolute Gasteiger partial charge is 0.476 e. The fraction of sp³-hybridized carbons (Fsp3) is 0.643. The number of rotatable bonds is 5. The summed E-state index contributed by atoms with van der Waals surface area (Å²) in [6, 6.07) is 0. The van der Waals surface area contributed by atoms with Crippen molar-refractivity contribution in [2.45, 2.75) is 45.6 Å². The van der Waals surface area contributed by atoms with E-state index in [2.05, 4.69) is 17.2 Å². The van der Waals surface area contributed by atoms with Crippen molar-refractivity contribution in [1.29, 1.82) is 0 Å². The molecule has 0 radical (unpaired) electrons. The van der Waals surface area contributed by atoms with Crippen LogP contribution in [-0.2, 0) is 11.3 Å². The zero-order chi connectivity index (χ0) is 14.5. The molecule has 2 rings (SSSR count). The van der Waals surface area contributed by atoms with E-state index in [0.717, 1.165) is 31.6 Å². The van der Waals surface area contributed by atoms with E-state index >= 15 is 0 Å². The van der Waals surface area contributed by atoms with E-state index in [1.807, 2.05) is 0 Å². The van der Waals surface area contributed by atoms with Gasteiger partial charge in [-0.2, -0.15) is 0 Å². The van der Waals surface area contributed by atoms with Crippen LogP contribution in [0.2, 0.25) is 0 Å². The molecule has 1 fully saturated rings. The topological polar surface area (TPSA) is 79.3 Å². The number of nitrogens with zero attached hydrogens (tertiary/aromatic N) is 1. The number of carbonyl (C=O) groups is 2. The molecule has 0 saturated heterocycles. The van der Waals surface area contributed by atoms with Crippen molar-refractivity contribution >= 4 is 23.2 Å². The number of thiazole rings is 1. The van der Waals surface area contributed by atoms with Crippen molar-refractivity contribution in [3.63, 3.8) is 0 Å². The Morgan fingerprint density at radius 3 is 2.65 bits per heavy atom. The van der Waals surface area contributed by atoms with Crippen molar-refractivity contribution in [2.75, 3.05) is 0 Å². The molecular weight excluding hydrogens is 276 g/mol. The van der Waals surface area contributed by atoms with Gasteiger partial charge in [0.05, 0.1) is 6.54 Å². The highest BCUT2D eigenvalue weighted by atomic mass is 32.1. The molecule has 1 aliphatic carbocycles. The predicted octanol–water partition coefficient (Wildman–Crippen LogP) is 2.67. The molecule has 0 bridgehead atoms. The fourth-order valence-electron chi connectivity index (χ4n) is 2.63. The van der Waals surface area contributed by atoms with E-state index in [0.29, 0.717) is 11.6 Å². The van der Waals surface area contributed by atoms with Crippen LogP contribution in [0.3, 0.4) is 0 Å². The van der Waals surface area contributed by atoms with Gasteiger partial charge in [-0.3, -0.25) is 4.79 Å². The first kappa shape index (κ1) is 15.0. The van der Waals surface area contributed by atoms with Gasteiger partial charge >= 0.3 is 5.97 Å². The van der Waals surface area contributed by atoms with Crippen LogP contribution in [0.1, 0.15) is 54.5 Å². The highest BCUT2D eigenvalue weighted by Gasteiger charge is 2.25. The number of nitrogens with one attached hydrogen (secondary N) is 1. The Bertz CT molecular complexity index is 479. The Labute approximate surface area is 122 Å². The Morgan fingerprint density at radius 2 is 2.10 bits per heavy atom. The Kier molecular flexibility index (Phi) is 5.11. The number of aromatic nitrogens is 1. The van der Waals surface area contributed by atoms with Gasteiger partial charge in [-0.1, -0.05) is 13.3 Å². The summed E-state index contributed by atoms with van der Waals surface area (Å²) >= 11 is 1.26. The summed E-state index contributed by atoms with van der Waals surface area (Å²) in [5.74, 6) is -0.0730. The smallest absolute Gasteiger partial charge is 0.355 e. The van der Waals surface area contributed by atoms with Crippen molar-refractivity contribution in [1.82, 2.24) is 10.3 Å². The van der Waals surface area contributed by atoms with Gasteiger partial charge < -0.3 is 10.4 Å². The standard InChI is InChI=1S/C14H20N2O3S/c1-2-9-3-5-10(6-4-9)13(17)15-7-12-16-11(8-20-12)14(18)19/h8-10H,2-7H2,1H3,(H,15,17)(H,18,19). The summed E-state index contributed by atoms with van der Waals surface area (Å²) in [5, 5.41) is 13.8. The number of carboxylic acid groups (broad SMARTS) is 1. The molecule has 0 aliphatic heterocycles. The third-order valence-corrected chi connectivity index (χ3v) is 4.83. The van der Waals surface area contributed by atoms with Crippen molar-refractivity contribution < 1.29 is 14.7 Å². The molecule has 1 aliphatic rings. The van der Waals surface area contributed by atoms with Crippen molar-refractivity contribution in [3.8, 4) is 0 Å².